The lowest BCUT2D eigenvalue weighted by Crippen LogP contribution is -2.44. The van der Waals surface area contributed by atoms with E-state index in [-0.39, 0.29) is 11.3 Å². The highest BCUT2D eigenvalue weighted by Crippen LogP contribution is 2.19. The van der Waals surface area contributed by atoms with Crippen LogP contribution in [0, 0.1) is 5.82 Å². The number of amides is 3. The van der Waals surface area contributed by atoms with Crippen LogP contribution in [-0.4, -0.2) is 31.4 Å². The van der Waals surface area contributed by atoms with Crippen LogP contribution < -0.4 is 15.4 Å². The lowest BCUT2D eigenvalue weighted by Gasteiger charge is -2.15. The Kier molecular flexibility index (Phi) is 4.99. The zero-order valence-corrected chi connectivity index (χ0v) is 10.4. The number of hydrogen-bond acceptors (Lipinski definition) is 4. The van der Waals surface area contributed by atoms with Crippen molar-refractivity contribution in [2.75, 3.05) is 7.05 Å². The van der Waals surface area contributed by atoms with Gasteiger partial charge in [0.05, 0.1) is 5.56 Å². The number of ether oxygens (including phenoxy) is 1. The van der Waals surface area contributed by atoms with Crippen LogP contribution in [0.2, 0.25) is 0 Å². The minimum Gasteiger partial charge on any atom is -0.480 e. The number of urea groups is 1. The molecule has 0 aliphatic rings. The average Bonchev–Trinajstić information content (AvgIpc) is 2.40. The maximum Gasteiger partial charge on any atom is 0.321 e. The van der Waals surface area contributed by atoms with Gasteiger partial charge in [0.2, 0.25) is 0 Å². The molecular weight excluding hydrogens is 255 g/mol. The van der Waals surface area contributed by atoms with Crippen LogP contribution >= 0.6 is 0 Å². The summed E-state index contributed by atoms with van der Waals surface area (Å²) in [5, 5.41) is 4.23. The fourth-order valence-electron chi connectivity index (χ4n) is 1.24. The highest BCUT2D eigenvalue weighted by molar-refractivity contribution is 5.96. The molecule has 102 valence electrons. The second-order valence-corrected chi connectivity index (χ2v) is 3.63. The maximum absolute atomic E-state index is 12.9. The van der Waals surface area contributed by atoms with E-state index in [4.69, 9.17) is 4.74 Å². The van der Waals surface area contributed by atoms with Crippen LogP contribution in [0.1, 0.15) is 17.3 Å². The Balaban J connectivity index is 2.76. The van der Waals surface area contributed by atoms with E-state index in [1.54, 1.807) is 0 Å². The smallest absolute Gasteiger partial charge is 0.321 e. The third-order valence-corrected chi connectivity index (χ3v) is 2.24. The zero-order chi connectivity index (χ0) is 14.4. The van der Waals surface area contributed by atoms with Crippen molar-refractivity contribution in [2.24, 2.45) is 0 Å². The summed E-state index contributed by atoms with van der Waals surface area (Å²) in [4.78, 5) is 33.2. The van der Waals surface area contributed by atoms with Crippen molar-refractivity contribution in [3.63, 3.8) is 0 Å². The number of nitrogens with one attached hydrogen (secondary N) is 2. The first-order valence-electron chi connectivity index (χ1n) is 5.42. The molecule has 19 heavy (non-hydrogen) atoms. The molecule has 0 heterocycles. The van der Waals surface area contributed by atoms with Crippen molar-refractivity contribution >= 4 is 18.2 Å². The lowest BCUT2D eigenvalue weighted by molar-refractivity contribution is -0.126. The predicted octanol–water partition coefficient (Wildman–Crippen LogP) is 0.861. The van der Waals surface area contributed by atoms with E-state index in [1.807, 2.05) is 5.32 Å². The summed E-state index contributed by atoms with van der Waals surface area (Å²) in [5.41, 5.74) is -0.0143. The molecule has 0 aliphatic carbocycles. The molecule has 0 spiro atoms. The first-order valence-corrected chi connectivity index (χ1v) is 5.42. The van der Waals surface area contributed by atoms with Gasteiger partial charge in [-0.25, -0.2) is 9.18 Å². The van der Waals surface area contributed by atoms with Crippen molar-refractivity contribution in [3.8, 4) is 5.75 Å². The Morgan fingerprint density at radius 1 is 1.42 bits per heavy atom. The fraction of sp³-hybridized carbons (Fsp3) is 0.250. The Hall–Kier alpha value is -2.44. The third-order valence-electron chi connectivity index (χ3n) is 2.24. The number of benzene rings is 1. The third kappa shape index (κ3) is 4.06. The molecule has 1 aromatic rings. The second-order valence-electron chi connectivity index (χ2n) is 3.63. The summed E-state index contributed by atoms with van der Waals surface area (Å²) in [7, 11) is 1.36. The zero-order valence-electron chi connectivity index (χ0n) is 10.4. The van der Waals surface area contributed by atoms with Gasteiger partial charge in [-0.3, -0.25) is 14.9 Å². The molecule has 1 aromatic carbocycles. The summed E-state index contributed by atoms with van der Waals surface area (Å²) in [6, 6.07) is 2.66. The summed E-state index contributed by atoms with van der Waals surface area (Å²) in [6.07, 6.45) is -0.594. The van der Waals surface area contributed by atoms with Gasteiger partial charge in [-0.1, -0.05) is 0 Å². The van der Waals surface area contributed by atoms with E-state index >= 15 is 0 Å². The van der Waals surface area contributed by atoms with Gasteiger partial charge >= 0.3 is 6.03 Å². The van der Waals surface area contributed by atoms with Gasteiger partial charge < -0.3 is 10.1 Å². The van der Waals surface area contributed by atoms with Crippen molar-refractivity contribution in [1.82, 2.24) is 10.6 Å². The lowest BCUT2D eigenvalue weighted by atomic mass is 10.2. The summed E-state index contributed by atoms with van der Waals surface area (Å²) < 4.78 is 18.1. The van der Waals surface area contributed by atoms with Crippen LogP contribution in [0.5, 0.6) is 5.75 Å². The Bertz CT molecular complexity index is 505. The van der Waals surface area contributed by atoms with Gasteiger partial charge in [0.25, 0.3) is 5.91 Å². The van der Waals surface area contributed by atoms with Gasteiger partial charge in [-0.15, -0.1) is 0 Å². The molecule has 0 radical (unpaired) electrons. The number of carbonyl (C=O) groups excluding carboxylic acids is 3. The highest BCUT2D eigenvalue weighted by Gasteiger charge is 2.18. The quantitative estimate of drug-likeness (QED) is 0.793. The van der Waals surface area contributed by atoms with Gasteiger partial charge in [0.1, 0.15) is 11.6 Å². The minimum atomic E-state index is -1.01. The average molecular weight is 268 g/mol. The molecule has 1 rings (SSSR count). The predicted molar refractivity (Wildman–Crippen MR) is 64.5 cm³/mol. The van der Waals surface area contributed by atoms with Crippen LogP contribution in [0.3, 0.4) is 0 Å². The number of hydrogen-bond donors (Lipinski definition) is 2. The van der Waals surface area contributed by atoms with Crippen molar-refractivity contribution in [1.29, 1.82) is 0 Å². The molecule has 0 fully saturated rings. The Morgan fingerprint density at radius 2 is 2.11 bits per heavy atom. The molecule has 0 bridgehead atoms. The van der Waals surface area contributed by atoms with E-state index in [1.165, 1.54) is 20.0 Å². The summed E-state index contributed by atoms with van der Waals surface area (Å²) >= 11 is 0. The standard InChI is InChI=1S/C12H13FN2O4/c1-7(11(17)15-12(18)14-2)19-10-4-3-9(13)5-8(10)6-16/h3-7H,1-2H3,(H2,14,15,17,18). The van der Waals surface area contributed by atoms with Crippen LogP contribution in [0.4, 0.5) is 9.18 Å². The number of rotatable bonds is 4. The fourth-order valence-corrected chi connectivity index (χ4v) is 1.24. The number of carbonyl (C=O) groups is 3. The first kappa shape index (κ1) is 14.6. The Labute approximate surface area is 108 Å². The van der Waals surface area contributed by atoms with Crippen molar-refractivity contribution in [3.05, 3.63) is 29.6 Å². The Morgan fingerprint density at radius 3 is 2.68 bits per heavy atom. The van der Waals surface area contributed by atoms with Crippen LogP contribution in [0.25, 0.3) is 0 Å². The van der Waals surface area contributed by atoms with E-state index < -0.39 is 23.9 Å². The van der Waals surface area contributed by atoms with Crippen molar-refractivity contribution < 1.29 is 23.5 Å². The molecule has 0 aliphatic heterocycles. The molecule has 6 nitrogen and oxygen atoms in total. The molecule has 1 unspecified atom stereocenters. The van der Waals surface area contributed by atoms with E-state index in [0.29, 0.717) is 6.29 Å². The minimum absolute atomic E-state index is 0.0143. The number of aldehydes is 1. The highest BCUT2D eigenvalue weighted by atomic mass is 19.1. The van der Waals surface area contributed by atoms with E-state index in [0.717, 1.165) is 12.1 Å². The molecule has 1 atom stereocenters. The molecule has 2 N–H and O–H groups in total. The van der Waals surface area contributed by atoms with Gasteiger partial charge in [-0.05, 0) is 25.1 Å². The molecule has 0 saturated carbocycles. The largest absolute Gasteiger partial charge is 0.480 e. The molecule has 0 aromatic heterocycles. The van der Waals surface area contributed by atoms with Crippen molar-refractivity contribution in [2.45, 2.75) is 13.0 Å². The normalized spacial score (nSPS) is 11.3. The second kappa shape index (κ2) is 6.48. The van der Waals surface area contributed by atoms with Gasteiger partial charge in [0, 0.05) is 7.05 Å². The number of halogens is 1. The maximum atomic E-state index is 12.9. The first-order chi connectivity index (χ1) is 8.97. The molecule has 7 heteroatoms. The number of imide groups is 1. The summed E-state index contributed by atoms with van der Waals surface area (Å²) in [5.74, 6) is -1.20. The van der Waals surface area contributed by atoms with Crippen LogP contribution in [0.15, 0.2) is 18.2 Å². The monoisotopic (exact) mass is 268 g/mol. The molecule has 0 saturated heterocycles. The van der Waals surface area contributed by atoms with Gasteiger partial charge in [-0.2, -0.15) is 0 Å². The molecule has 3 amide bonds. The molecular formula is C12H13FN2O4. The SMILES string of the molecule is CNC(=O)NC(=O)C(C)Oc1ccc(F)cc1C=O. The summed E-state index contributed by atoms with van der Waals surface area (Å²) in [6.45, 7) is 1.40. The topological polar surface area (TPSA) is 84.5 Å². The van der Waals surface area contributed by atoms with Gasteiger partial charge in [0.15, 0.2) is 12.4 Å². The van der Waals surface area contributed by atoms with E-state index in [2.05, 4.69) is 5.32 Å². The van der Waals surface area contributed by atoms with E-state index in [9.17, 15) is 18.8 Å². The van der Waals surface area contributed by atoms with Crippen LogP contribution in [-0.2, 0) is 4.79 Å².